The summed E-state index contributed by atoms with van der Waals surface area (Å²) in [5.41, 5.74) is 2.90. The second-order valence-corrected chi connectivity index (χ2v) is 9.02. The van der Waals surface area contributed by atoms with E-state index in [1.165, 1.54) is 12.1 Å². The highest BCUT2D eigenvalue weighted by Gasteiger charge is 2.30. The lowest BCUT2D eigenvalue weighted by Gasteiger charge is -2.26. The Labute approximate surface area is 179 Å². The zero-order valence-electron chi connectivity index (χ0n) is 17.8. The van der Waals surface area contributed by atoms with E-state index in [-0.39, 0.29) is 11.5 Å². The number of nitrogens with zero attached hydrogens (tertiary/aromatic N) is 6. The van der Waals surface area contributed by atoms with Crippen molar-refractivity contribution in [3.8, 4) is 5.69 Å². The number of hydrogen-bond acceptors (Lipinski definition) is 4. The first-order chi connectivity index (χ1) is 14.8. The predicted molar refractivity (Wildman–Crippen MR) is 114 cm³/mol. The van der Waals surface area contributed by atoms with Crippen LogP contribution in [0.25, 0.3) is 11.3 Å². The molecular weight excluding hydrogens is 398 g/mol. The molecule has 0 bridgehead atoms. The monoisotopic (exact) mass is 422 g/mol. The summed E-state index contributed by atoms with van der Waals surface area (Å²) in [4.78, 5) is 6.88. The lowest BCUT2D eigenvalue weighted by atomic mass is 9.90. The van der Waals surface area contributed by atoms with Crippen LogP contribution >= 0.6 is 0 Å². The van der Waals surface area contributed by atoms with Crippen LogP contribution < -0.4 is 4.90 Å². The van der Waals surface area contributed by atoms with Crippen LogP contribution in [-0.4, -0.2) is 30.9 Å². The van der Waals surface area contributed by atoms with Crippen LogP contribution in [0, 0.1) is 11.6 Å². The first-order valence-corrected chi connectivity index (χ1v) is 10.4. The maximum absolute atomic E-state index is 14.5. The van der Waals surface area contributed by atoms with Gasteiger partial charge in [0.15, 0.2) is 5.65 Å². The van der Waals surface area contributed by atoms with Crippen LogP contribution in [0.1, 0.15) is 50.8 Å². The Morgan fingerprint density at radius 1 is 1.06 bits per heavy atom. The normalized spacial score (nSPS) is 17.1. The second kappa shape index (κ2) is 7.14. The minimum Gasteiger partial charge on any atom is -0.349 e. The standard InChI is InChI=1S/C23H24F2N6/c1-23(2,3)15-12-26-31(14-15)20-13-27-30-10-8-21(28-22(20)30)29-9-4-5-19(29)17-11-16(24)6-7-18(17)25/h6-8,10-14,19H,4-5,9H2,1-3H3. The molecule has 0 saturated carbocycles. The fraction of sp³-hybridized carbons (Fsp3) is 0.348. The van der Waals surface area contributed by atoms with E-state index in [0.717, 1.165) is 36.7 Å². The molecule has 1 unspecified atom stereocenters. The van der Waals surface area contributed by atoms with E-state index in [1.54, 1.807) is 15.4 Å². The van der Waals surface area contributed by atoms with Gasteiger partial charge in [0.05, 0.1) is 18.4 Å². The zero-order valence-corrected chi connectivity index (χ0v) is 17.8. The largest absolute Gasteiger partial charge is 0.349 e. The van der Waals surface area contributed by atoms with Crippen molar-refractivity contribution < 1.29 is 8.78 Å². The highest BCUT2D eigenvalue weighted by atomic mass is 19.1. The topological polar surface area (TPSA) is 51.3 Å². The molecule has 8 heteroatoms. The Balaban J connectivity index is 1.55. The molecule has 4 aromatic rings. The summed E-state index contributed by atoms with van der Waals surface area (Å²) in [6.45, 7) is 7.14. The highest BCUT2D eigenvalue weighted by Crippen LogP contribution is 2.37. The van der Waals surface area contributed by atoms with Gasteiger partial charge in [0, 0.05) is 24.5 Å². The summed E-state index contributed by atoms with van der Waals surface area (Å²) < 4.78 is 31.7. The van der Waals surface area contributed by atoms with Crippen LogP contribution in [0.3, 0.4) is 0 Å². The van der Waals surface area contributed by atoms with E-state index in [4.69, 9.17) is 4.98 Å². The summed E-state index contributed by atoms with van der Waals surface area (Å²) in [7, 11) is 0. The molecule has 0 spiro atoms. The Kier molecular flexibility index (Phi) is 4.53. The zero-order chi connectivity index (χ0) is 21.8. The first kappa shape index (κ1) is 19.7. The van der Waals surface area contributed by atoms with E-state index in [9.17, 15) is 8.78 Å². The number of aromatic nitrogens is 5. The molecule has 3 aromatic heterocycles. The molecule has 6 nitrogen and oxygen atoms in total. The van der Waals surface area contributed by atoms with Crippen molar-refractivity contribution in [3.05, 3.63) is 71.8 Å². The van der Waals surface area contributed by atoms with Crippen LogP contribution in [-0.2, 0) is 5.41 Å². The smallest absolute Gasteiger partial charge is 0.183 e. The van der Waals surface area contributed by atoms with Gasteiger partial charge in [-0.3, -0.25) is 0 Å². The summed E-state index contributed by atoms with van der Waals surface area (Å²) in [5.74, 6) is -0.114. The number of halogens is 2. The maximum atomic E-state index is 14.5. The number of benzene rings is 1. The fourth-order valence-corrected chi connectivity index (χ4v) is 4.14. The lowest BCUT2D eigenvalue weighted by molar-refractivity contribution is 0.560. The Bertz CT molecular complexity index is 1250. The molecule has 1 saturated heterocycles. The summed E-state index contributed by atoms with van der Waals surface area (Å²) in [6.07, 6.45) is 9.05. The van der Waals surface area contributed by atoms with Gasteiger partial charge in [-0.2, -0.15) is 10.2 Å². The van der Waals surface area contributed by atoms with Gasteiger partial charge in [-0.05, 0) is 48.1 Å². The third-order valence-electron chi connectivity index (χ3n) is 5.90. The molecular formula is C23H24F2N6. The van der Waals surface area contributed by atoms with Gasteiger partial charge in [-0.1, -0.05) is 20.8 Å². The van der Waals surface area contributed by atoms with E-state index < -0.39 is 11.6 Å². The molecule has 1 aliphatic rings. The third-order valence-corrected chi connectivity index (χ3v) is 5.90. The first-order valence-electron chi connectivity index (χ1n) is 10.4. The molecule has 1 fully saturated rings. The molecule has 0 radical (unpaired) electrons. The lowest BCUT2D eigenvalue weighted by Crippen LogP contribution is -2.24. The molecule has 5 rings (SSSR count). The van der Waals surface area contributed by atoms with Gasteiger partial charge in [0.25, 0.3) is 0 Å². The minimum absolute atomic E-state index is 0.0163. The van der Waals surface area contributed by atoms with Crippen LogP contribution in [0.15, 0.2) is 49.1 Å². The van der Waals surface area contributed by atoms with Gasteiger partial charge in [-0.25, -0.2) is 23.0 Å². The quantitative estimate of drug-likeness (QED) is 0.474. The predicted octanol–water partition coefficient (Wildman–Crippen LogP) is 4.83. The minimum atomic E-state index is -0.432. The average Bonchev–Trinajstić information content (AvgIpc) is 3.47. The fourth-order valence-electron chi connectivity index (χ4n) is 4.14. The number of hydrogen-bond donors (Lipinski definition) is 0. The van der Waals surface area contributed by atoms with Crippen LogP contribution in [0.5, 0.6) is 0 Å². The SMILES string of the molecule is CC(C)(C)c1cnn(-c2cnn3ccc(N4CCCC4c4cc(F)ccc4F)nc23)c1. The molecule has 31 heavy (non-hydrogen) atoms. The van der Waals surface area contributed by atoms with Gasteiger partial charge < -0.3 is 4.90 Å². The van der Waals surface area contributed by atoms with E-state index in [1.807, 2.05) is 29.6 Å². The van der Waals surface area contributed by atoms with E-state index in [2.05, 4.69) is 31.0 Å². The second-order valence-electron chi connectivity index (χ2n) is 9.02. The maximum Gasteiger partial charge on any atom is 0.183 e. The van der Waals surface area contributed by atoms with Crippen LogP contribution in [0.4, 0.5) is 14.6 Å². The van der Waals surface area contributed by atoms with Crippen molar-refractivity contribution in [2.24, 2.45) is 0 Å². The van der Waals surface area contributed by atoms with Crippen molar-refractivity contribution in [1.82, 2.24) is 24.4 Å². The molecule has 4 heterocycles. The van der Waals surface area contributed by atoms with Gasteiger partial charge in [-0.15, -0.1) is 0 Å². The van der Waals surface area contributed by atoms with E-state index >= 15 is 0 Å². The Morgan fingerprint density at radius 2 is 1.90 bits per heavy atom. The molecule has 0 N–H and O–H groups in total. The van der Waals surface area contributed by atoms with Crippen molar-refractivity contribution >= 4 is 11.5 Å². The average molecular weight is 422 g/mol. The van der Waals surface area contributed by atoms with Crippen LogP contribution in [0.2, 0.25) is 0 Å². The molecule has 1 aromatic carbocycles. The molecule has 1 aliphatic heterocycles. The van der Waals surface area contributed by atoms with Gasteiger partial charge in [0.2, 0.25) is 0 Å². The summed E-state index contributed by atoms with van der Waals surface area (Å²) in [6, 6.07) is 5.24. The van der Waals surface area contributed by atoms with E-state index in [0.29, 0.717) is 17.0 Å². The number of anilines is 1. The Morgan fingerprint density at radius 3 is 2.68 bits per heavy atom. The highest BCUT2D eigenvalue weighted by molar-refractivity contribution is 5.61. The van der Waals surface area contributed by atoms with Gasteiger partial charge >= 0.3 is 0 Å². The number of fused-ring (bicyclic) bond motifs is 1. The van der Waals surface area contributed by atoms with Crippen molar-refractivity contribution in [3.63, 3.8) is 0 Å². The molecule has 1 atom stereocenters. The third kappa shape index (κ3) is 3.45. The van der Waals surface area contributed by atoms with Crippen molar-refractivity contribution in [2.75, 3.05) is 11.4 Å². The van der Waals surface area contributed by atoms with Gasteiger partial charge in [0.1, 0.15) is 23.1 Å². The van der Waals surface area contributed by atoms with Crippen molar-refractivity contribution in [1.29, 1.82) is 0 Å². The van der Waals surface area contributed by atoms with Crippen molar-refractivity contribution in [2.45, 2.75) is 45.1 Å². The Hall–Kier alpha value is -3.29. The summed E-state index contributed by atoms with van der Waals surface area (Å²) in [5, 5.41) is 8.91. The molecule has 160 valence electrons. The molecule has 0 aliphatic carbocycles. The summed E-state index contributed by atoms with van der Waals surface area (Å²) >= 11 is 0. The molecule has 0 amide bonds. The number of rotatable bonds is 3.